The van der Waals surface area contributed by atoms with E-state index in [1.807, 2.05) is 26.0 Å². The number of nitrogens with one attached hydrogen (secondary N) is 3. The number of carbonyl (C=O) groups excluding carboxylic acids is 1. The second kappa shape index (κ2) is 12.7. The van der Waals surface area contributed by atoms with Gasteiger partial charge in [0.05, 0.1) is 5.56 Å². The van der Waals surface area contributed by atoms with Crippen molar-refractivity contribution in [1.29, 1.82) is 0 Å². The van der Waals surface area contributed by atoms with Crippen LogP contribution in [0.25, 0.3) is 10.9 Å². The van der Waals surface area contributed by atoms with Gasteiger partial charge in [0.1, 0.15) is 0 Å². The molecule has 2 aromatic heterocycles. The highest BCUT2D eigenvalue weighted by atomic mass is 16.2. The number of carbonyl (C=O) groups is 1. The third-order valence-electron chi connectivity index (χ3n) is 12.1. The minimum absolute atomic E-state index is 0.118. The van der Waals surface area contributed by atoms with Gasteiger partial charge in [0, 0.05) is 54.0 Å². The summed E-state index contributed by atoms with van der Waals surface area (Å²) in [5, 5.41) is 7.86. The molecule has 5 aliphatic rings. The normalized spacial score (nSPS) is 26.6. The number of hydrogen-bond donors (Lipinski definition) is 3. The second-order valence-electron chi connectivity index (χ2n) is 15.4. The molecule has 1 aliphatic heterocycles. The number of rotatable bonds is 11. The monoisotopic (exact) mass is 611 g/mol. The first-order valence-corrected chi connectivity index (χ1v) is 17.8. The molecule has 0 unspecified atom stereocenters. The molecule has 4 bridgehead atoms. The Morgan fingerprint density at radius 3 is 2.36 bits per heavy atom. The number of aryl methyl sites for hydroxylation is 2. The van der Waals surface area contributed by atoms with Gasteiger partial charge in [-0.3, -0.25) is 9.59 Å². The summed E-state index contributed by atoms with van der Waals surface area (Å²) >= 11 is 0. The number of para-hydroxylation sites is 1. The SMILES string of the molecule is Cc1cc(C)c(CNC(=O)c2c(C)n(CC3CCN(CCNCCC45CC6CC(CC(C6)C4)C5)CC3)c3ccccc23)c(=O)[nH]1. The van der Waals surface area contributed by atoms with E-state index in [9.17, 15) is 9.59 Å². The maximum Gasteiger partial charge on any atom is 0.254 e. The number of aromatic nitrogens is 2. The van der Waals surface area contributed by atoms with Gasteiger partial charge in [-0.2, -0.15) is 0 Å². The van der Waals surface area contributed by atoms with E-state index in [4.69, 9.17) is 0 Å². The van der Waals surface area contributed by atoms with Gasteiger partial charge in [0.2, 0.25) is 0 Å². The lowest BCUT2D eigenvalue weighted by molar-refractivity contribution is -0.0567. The predicted molar refractivity (Wildman–Crippen MR) is 182 cm³/mol. The molecule has 4 saturated carbocycles. The third-order valence-corrected chi connectivity index (χ3v) is 12.1. The number of pyridine rings is 1. The Bertz CT molecular complexity index is 1560. The van der Waals surface area contributed by atoms with Crippen molar-refractivity contribution in [2.24, 2.45) is 29.1 Å². The lowest BCUT2D eigenvalue weighted by Crippen LogP contribution is -2.47. The molecule has 5 fully saturated rings. The van der Waals surface area contributed by atoms with Crippen LogP contribution < -0.4 is 16.2 Å². The molecule has 0 radical (unpaired) electrons. The molecule has 1 aromatic carbocycles. The Labute approximate surface area is 268 Å². The van der Waals surface area contributed by atoms with Gasteiger partial charge in [-0.25, -0.2) is 0 Å². The van der Waals surface area contributed by atoms with Crippen LogP contribution in [-0.4, -0.2) is 53.1 Å². The largest absolute Gasteiger partial charge is 0.348 e. The molecule has 3 aromatic rings. The maximum absolute atomic E-state index is 13.5. The number of benzene rings is 1. The average molecular weight is 612 g/mol. The van der Waals surface area contributed by atoms with Crippen LogP contribution in [0.4, 0.5) is 0 Å². The predicted octanol–water partition coefficient (Wildman–Crippen LogP) is 6.09. The molecule has 45 heavy (non-hydrogen) atoms. The van der Waals surface area contributed by atoms with Gasteiger partial charge in [-0.05, 0) is 145 Å². The summed E-state index contributed by atoms with van der Waals surface area (Å²) in [6.45, 7) is 12.8. The van der Waals surface area contributed by atoms with E-state index >= 15 is 0 Å². The molecular weight excluding hydrogens is 558 g/mol. The Balaban J connectivity index is 0.904. The zero-order valence-electron chi connectivity index (χ0n) is 27.7. The van der Waals surface area contributed by atoms with Crippen LogP contribution in [0.15, 0.2) is 35.1 Å². The van der Waals surface area contributed by atoms with E-state index in [0.717, 1.165) is 83.9 Å². The summed E-state index contributed by atoms with van der Waals surface area (Å²) < 4.78 is 2.36. The Morgan fingerprint density at radius 1 is 0.978 bits per heavy atom. The fourth-order valence-electron chi connectivity index (χ4n) is 10.3. The van der Waals surface area contributed by atoms with E-state index in [0.29, 0.717) is 16.9 Å². The minimum atomic E-state index is -0.133. The summed E-state index contributed by atoms with van der Waals surface area (Å²) in [7, 11) is 0. The standard InChI is InChI=1S/C38H53N5O2/c1-25-16-26(2)41-36(44)33(25)23-40-37(45)35-27(3)43(34-7-5-4-6-32(34)35)24-28-8-13-42(14-9-28)15-12-39-11-10-38-20-29-17-30(21-38)19-31(18-29)22-38/h4-7,16,28-31,39H,8-15,17-24H2,1-3H3,(H,40,45)(H,41,44). The van der Waals surface area contributed by atoms with Gasteiger partial charge in [-0.1, -0.05) is 18.2 Å². The first kappa shape index (κ1) is 30.7. The first-order chi connectivity index (χ1) is 21.8. The molecule has 1 amide bonds. The van der Waals surface area contributed by atoms with Crippen LogP contribution in [0.5, 0.6) is 0 Å². The van der Waals surface area contributed by atoms with Crippen molar-refractivity contribution in [2.45, 2.75) is 91.6 Å². The van der Waals surface area contributed by atoms with E-state index in [1.54, 1.807) is 0 Å². The van der Waals surface area contributed by atoms with Crippen molar-refractivity contribution in [3.8, 4) is 0 Å². The summed E-state index contributed by atoms with van der Waals surface area (Å²) in [5.74, 6) is 3.64. The molecule has 8 rings (SSSR count). The van der Waals surface area contributed by atoms with Gasteiger partial charge < -0.3 is 25.1 Å². The van der Waals surface area contributed by atoms with Crippen LogP contribution in [0.2, 0.25) is 0 Å². The zero-order chi connectivity index (χ0) is 31.1. The summed E-state index contributed by atoms with van der Waals surface area (Å²) in [4.78, 5) is 31.6. The number of H-pyrrole nitrogens is 1. The molecule has 0 spiro atoms. The molecule has 7 nitrogen and oxygen atoms in total. The van der Waals surface area contributed by atoms with Crippen molar-refractivity contribution in [3.63, 3.8) is 0 Å². The lowest BCUT2D eigenvalue weighted by atomic mass is 9.49. The summed E-state index contributed by atoms with van der Waals surface area (Å²) in [6, 6.07) is 10.2. The fourth-order valence-corrected chi connectivity index (χ4v) is 10.3. The Morgan fingerprint density at radius 2 is 1.67 bits per heavy atom. The van der Waals surface area contributed by atoms with Gasteiger partial charge in [0.25, 0.3) is 11.5 Å². The molecule has 7 heteroatoms. The number of hydrogen-bond acceptors (Lipinski definition) is 4. The van der Waals surface area contributed by atoms with Gasteiger partial charge in [-0.15, -0.1) is 0 Å². The molecule has 242 valence electrons. The summed E-state index contributed by atoms with van der Waals surface area (Å²) in [5.41, 5.74) is 5.74. The van der Waals surface area contributed by atoms with Crippen LogP contribution >= 0.6 is 0 Å². The van der Waals surface area contributed by atoms with E-state index in [1.165, 1.54) is 64.3 Å². The molecule has 3 heterocycles. The Hall–Kier alpha value is -2.90. The molecule has 1 saturated heterocycles. The quantitative estimate of drug-likeness (QED) is 0.229. The van der Waals surface area contributed by atoms with Crippen LogP contribution in [0.1, 0.15) is 90.7 Å². The summed E-state index contributed by atoms with van der Waals surface area (Å²) in [6.07, 6.45) is 12.9. The molecule has 3 N–H and O–H groups in total. The van der Waals surface area contributed by atoms with E-state index in [2.05, 4.69) is 50.2 Å². The van der Waals surface area contributed by atoms with Gasteiger partial charge in [0.15, 0.2) is 0 Å². The third kappa shape index (κ3) is 6.40. The number of piperidine rings is 1. The zero-order valence-corrected chi connectivity index (χ0v) is 27.7. The molecule has 4 aliphatic carbocycles. The second-order valence-corrected chi connectivity index (χ2v) is 15.4. The topological polar surface area (TPSA) is 82.2 Å². The molecule has 0 atom stereocenters. The highest BCUT2D eigenvalue weighted by Gasteiger charge is 2.50. The fraction of sp³-hybridized carbons (Fsp3) is 0.632. The number of nitrogens with zero attached hydrogens (tertiary/aromatic N) is 2. The average Bonchev–Trinajstić information content (AvgIpc) is 3.27. The van der Waals surface area contributed by atoms with Gasteiger partial charge >= 0.3 is 0 Å². The van der Waals surface area contributed by atoms with Crippen LogP contribution in [0.3, 0.4) is 0 Å². The minimum Gasteiger partial charge on any atom is -0.348 e. The van der Waals surface area contributed by atoms with Crippen molar-refractivity contribution in [3.05, 3.63) is 68.8 Å². The first-order valence-electron chi connectivity index (χ1n) is 17.8. The van der Waals surface area contributed by atoms with Crippen molar-refractivity contribution in [1.82, 2.24) is 25.1 Å². The van der Waals surface area contributed by atoms with Crippen LogP contribution in [0, 0.1) is 49.9 Å². The van der Waals surface area contributed by atoms with Crippen molar-refractivity contribution in [2.75, 3.05) is 32.7 Å². The number of fused-ring (bicyclic) bond motifs is 1. The van der Waals surface area contributed by atoms with E-state index < -0.39 is 0 Å². The maximum atomic E-state index is 13.5. The smallest absolute Gasteiger partial charge is 0.254 e. The Kier molecular flexibility index (Phi) is 8.68. The molecular formula is C38H53N5O2. The highest BCUT2D eigenvalue weighted by Crippen LogP contribution is 2.61. The number of amides is 1. The highest BCUT2D eigenvalue weighted by molar-refractivity contribution is 6.08. The lowest BCUT2D eigenvalue weighted by Gasteiger charge is -2.57. The van der Waals surface area contributed by atoms with Crippen LogP contribution in [-0.2, 0) is 13.1 Å². The van der Waals surface area contributed by atoms with Crippen molar-refractivity contribution >= 4 is 16.8 Å². The number of aromatic amines is 1. The number of likely N-dealkylation sites (tertiary alicyclic amines) is 1. The van der Waals surface area contributed by atoms with E-state index in [-0.39, 0.29) is 18.0 Å². The van der Waals surface area contributed by atoms with Crippen molar-refractivity contribution < 1.29 is 4.79 Å².